The Hall–Kier alpha value is -1.37. The van der Waals surface area contributed by atoms with Crippen molar-refractivity contribution in [2.24, 2.45) is 0 Å². The van der Waals surface area contributed by atoms with E-state index in [1.165, 1.54) is 5.56 Å². The molecule has 68 valence electrons. The van der Waals surface area contributed by atoms with E-state index in [-0.39, 0.29) is 0 Å². The third-order valence-electron chi connectivity index (χ3n) is 1.84. The highest BCUT2D eigenvalue weighted by Gasteiger charge is 1.96. The fourth-order valence-corrected chi connectivity index (χ4v) is 1.24. The number of hydrogen-bond donors (Lipinski definition) is 0. The van der Waals surface area contributed by atoms with Crippen LogP contribution in [0.4, 0.5) is 0 Å². The highest BCUT2D eigenvalue weighted by molar-refractivity contribution is 5.50. The Kier molecular flexibility index (Phi) is 3.97. The van der Waals surface area contributed by atoms with Gasteiger partial charge in [0, 0.05) is 6.20 Å². The van der Waals surface area contributed by atoms with Crippen molar-refractivity contribution in [3.05, 3.63) is 48.3 Å². The molecule has 1 heterocycles. The quantitative estimate of drug-likeness (QED) is 0.637. The first kappa shape index (κ1) is 9.72. The summed E-state index contributed by atoms with van der Waals surface area (Å²) < 4.78 is 0. The zero-order valence-corrected chi connectivity index (χ0v) is 8.03. The summed E-state index contributed by atoms with van der Waals surface area (Å²) in [4.78, 5) is 4.30. The minimum absolute atomic E-state index is 1.06. The zero-order chi connectivity index (χ0) is 9.52. The number of aryl methyl sites for hydroxylation is 1. The monoisotopic (exact) mass is 173 g/mol. The van der Waals surface area contributed by atoms with E-state index < -0.39 is 0 Å². The standard InChI is InChI=1S/C12H15N/c1-3-5-9-12-11(7-4-2)8-6-10-13-12/h3,5-6,8-10H,1,4,7H2,2H3. The summed E-state index contributed by atoms with van der Waals surface area (Å²) in [7, 11) is 0. The van der Waals surface area contributed by atoms with Crippen LogP contribution >= 0.6 is 0 Å². The summed E-state index contributed by atoms with van der Waals surface area (Å²) in [5.74, 6) is 0. The van der Waals surface area contributed by atoms with Crippen LogP contribution in [0.3, 0.4) is 0 Å². The molecule has 1 aromatic rings. The molecule has 0 amide bonds. The van der Waals surface area contributed by atoms with E-state index in [2.05, 4.69) is 24.6 Å². The average Bonchev–Trinajstić information content (AvgIpc) is 2.17. The van der Waals surface area contributed by atoms with Gasteiger partial charge in [0.05, 0.1) is 5.69 Å². The maximum absolute atomic E-state index is 4.30. The van der Waals surface area contributed by atoms with Gasteiger partial charge < -0.3 is 0 Å². The van der Waals surface area contributed by atoms with Crippen LogP contribution in [0.5, 0.6) is 0 Å². The van der Waals surface area contributed by atoms with Gasteiger partial charge in [-0.15, -0.1) is 0 Å². The molecule has 0 aliphatic carbocycles. The lowest BCUT2D eigenvalue weighted by Crippen LogP contribution is -1.90. The lowest BCUT2D eigenvalue weighted by Gasteiger charge is -2.01. The predicted molar refractivity (Wildman–Crippen MR) is 57.5 cm³/mol. The first-order valence-corrected chi connectivity index (χ1v) is 4.61. The van der Waals surface area contributed by atoms with Crippen molar-refractivity contribution in [1.82, 2.24) is 4.98 Å². The van der Waals surface area contributed by atoms with E-state index in [0.29, 0.717) is 0 Å². The lowest BCUT2D eigenvalue weighted by molar-refractivity contribution is 0.910. The van der Waals surface area contributed by atoms with Gasteiger partial charge in [0.2, 0.25) is 0 Å². The topological polar surface area (TPSA) is 12.9 Å². The Bertz CT molecular complexity index is 300. The SMILES string of the molecule is C=CC=Cc1ncccc1CCC. The Labute approximate surface area is 79.8 Å². The van der Waals surface area contributed by atoms with Crippen molar-refractivity contribution in [1.29, 1.82) is 0 Å². The maximum atomic E-state index is 4.30. The summed E-state index contributed by atoms with van der Waals surface area (Å²) in [6, 6.07) is 4.11. The van der Waals surface area contributed by atoms with Gasteiger partial charge >= 0.3 is 0 Å². The molecular weight excluding hydrogens is 158 g/mol. The van der Waals surface area contributed by atoms with Gasteiger partial charge in [0.1, 0.15) is 0 Å². The van der Waals surface area contributed by atoms with E-state index in [9.17, 15) is 0 Å². The van der Waals surface area contributed by atoms with Crippen molar-refractivity contribution >= 4 is 6.08 Å². The largest absolute Gasteiger partial charge is 0.257 e. The van der Waals surface area contributed by atoms with Crippen molar-refractivity contribution in [3.8, 4) is 0 Å². The highest BCUT2D eigenvalue weighted by atomic mass is 14.7. The second-order valence-corrected chi connectivity index (χ2v) is 2.89. The van der Waals surface area contributed by atoms with Gasteiger partial charge in [-0.1, -0.05) is 38.1 Å². The smallest absolute Gasteiger partial charge is 0.0661 e. The fraction of sp³-hybridized carbons (Fsp3) is 0.250. The summed E-state index contributed by atoms with van der Waals surface area (Å²) in [6.45, 7) is 5.81. The molecule has 0 radical (unpaired) electrons. The third-order valence-corrected chi connectivity index (χ3v) is 1.84. The minimum Gasteiger partial charge on any atom is -0.257 e. The minimum atomic E-state index is 1.06. The number of hydrogen-bond acceptors (Lipinski definition) is 1. The van der Waals surface area contributed by atoms with Crippen LogP contribution in [0.2, 0.25) is 0 Å². The van der Waals surface area contributed by atoms with Crippen LogP contribution in [0, 0.1) is 0 Å². The maximum Gasteiger partial charge on any atom is 0.0661 e. The molecule has 0 N–H and O–H groups in total. The molecule has 0 unspecified atom stereocenters. The van der Waals surface area contributed by atoms with Crippen LogP contribution in [0.15, 0.2) is 37.1 Å². The first-order chi connectivity index (χ1) is 6.38. The first-order valence-electron chi connectivity index (χ1n) is 4.61. The van der Waals surface area contributed by atoms with Crippen molar-refractivity contribution in [3.63, 3.8) is 0 Å². The summed E-state index contributed by atoms with van der Waals surface area (Å²) >= 11 is 0. The van der Waals surface area contributed by atoms with Crippen LogP contribution in [0.1, 0.15) is 24.6 Å². The lowest BCUT2D eigenvalue weighted by atomic mass is 10.1. The molecule has 0 aromatic carbocycles. The van der Waals surface area contributed by atoms with Crippen LogP contribution < -0.4 is 0 Å². The van der Waals surface area contributed by atoms with Gasteiger partial charge in [-0.2, -0.15) is 0 Å². The zero-order valence-electron chi connectivity index (χ0n) is 8.03. The molecule has 13 heavy (non-hydrogen) atoms. The van der Waals surface area contributed by atoms with Gasteiger partial charge in [-0.25, -0.2) is 0 Å². The number of pyridine rings is 1. The van der Waals surface area contributed by atoms with Crippen molar-refractivity contribution < 1.29 is 0 Å². The molecular formula is C12H15N. The molecule has 0 aliphatic rings. The average molecular weight is 173 g/mol. The predicted octanol–water partition coefficient (Wildman–Crippen LogP) is 3.23. The van der Waals surface area contributed by atoms with Gasteiger partial charge in [0.25, 0.3) is 0 Å². The molecule has 1 rings (SSSR count). The Morgan fingerprint density at radius 1 is 1.54 bits per heavy atom. The summed E-state index contributed by atoms with van der Waals surface area (Å²) in [5, 5.41) is 0. The number of rotatable bonds is 4. The van der Waals surface area contributed by atoms with Crippen molar-refractivity contribution in [2.75, 3.05) is 0 Å². The molecule has 1 aromatic heterocycles. The third kappa shape index (κ3) is 2.86. The molecule has 0 spiro atoms. The van der Waals surface area contributed by atoms with Crippen LogP contribution in [-0.4, -0.2) is 4.98 Å². The van der Waals surface area contributed by atoms with E-state index >= 15 is 0 Å². The second-order valence-electron chi connectivity index (χ2n) is 2.89. The number of aromatic nitrogens is 1. The van der Waals surface area contributed by atoms with Crippen molar-refractivity contribution in [2.45, 2.75) is 19.8 Å². The Morgan fingerprint density at radius 2 is 2.38 bits per heavy atom. The molecule has 0 fully saturated rings. The number of allylic oxidation sites excluding steroid dienone is 2. The number of nitrogens with zero attached hydrogens (tertiary/aromatic N) is 1. The Balaban J connectivity index is 2.90. The van der Waals surface area contributed by atoms with Gasteiger partial charge in [0.15, 0.2) is 0 Å². The molecule has 0 saturated carbocycles. The van der Waals surface area contributed by atoms with E-state index in [4.69, 9.17) is 0 Å². The molecule has 0 atom stereocenters. The highest BCUT2D eigenvalue weighted by Crippen LogP contribution is 2.09. The molecule has 0 saturated heterocycles. The summed E-state index contributed by atoms with van der Waals surface area (Å²) in [5.41, 5.74) is 2.37. The molecule has 0 bridgehead atoms. The molecule has 1 heteroatoms. The van der Waals surface area contributed by atoms with E-state index in [0.717, 1.165) is 18.5 Å². The van der Waals surface area contributed by atoms with E-state index in [1.807, 2.05) is 24.4 Å². The van der Waals surface area contributed by atoms with Gasteiger partial charge in [-0.05, 0) is 24.1 Å². The Morgan fingerprint density at radius 3 is 3.08 bits per heavy atom. The molecule has 0 aliphatic heterocycles. The normalized spacial score (nSPS) is 10.5. The summed E-state index contributed by atoms with van der Waals surface area (Å²) in [6.07, 6.45) is 9.75. The van der Waals surface area contributed by atoms with Crippen LogP contribution in [0.25, 0.3) is 6.08 Å². The fourth-order valence-electron chi connectivity index (χ4n) is 1.24. The van der Waals surface area contributed by atoms with Gasteiger partial charge in [-0.3, -0.25) is 4.98 Å². The van der Waals surface area contributed by atoms with Crippen LogP contribution in [-0.2, 0) is 6.42 Å². The second kappa shape index (κ2) is 5.31. The van der Waals surface area contributed by atoms with E-state index in [1.54, 1.807) is 6.08 Å². The molecule has 1 nitrogen and oxygen atoms in total.